The van der Waals surface area contributed by atoms with Crippen molar-refractivity contribution in [2.24, 2.45) is 5.92 Å². The highest BCUT2D eigenvalue weighted by Gasteiger charge is 2.24. The molecule has 6 rings (SSSR count). The average Bonchev–Trinajstić information content (AvgIpc) is 3.32. The number of rotatable bonds is 4. The van der Waals surface area contributed by atoms with E-state index in [0.29, 0.717) is 46.3 Å². The van der Waals surface area contributed by atoms with Crippen LogP contribution < -0.4 is 21.9 Å². The summed E-state index contributed by atoms with van der Waals surface area (Å²) in [5.41, 5.74) is 8.15. The fraction of sp³-hybridized carbons (Fsp3) is 0.194. The fourth-order valence-corrected chi connectivity index (χ4v) is 5.20. The molecule has 0 saturated carbocycles. The number of amides is 2. The van der Waals surface area contributed by atoms with Crippen molar-refractivity contribution in [3.63, 3.8) is 0 Å². The summed E-state index contributed by atoms with van der Waals surface area (Å²) < 4.78 is 3.05. The van der Waals surface area contributed by atoms with Crippen LogP contribution in [-0.4, -0.2) is 37.5 Å². The van der Waals surface area contributed by atoms with E-state index >= 15 is 0 Å². The first-order valence-corrected chi connectivity index (χ1v) is 13.3. The number of nitrogens with zero attached hydrogens (tertiary/aromatic N) is 4. The van der Waals surface area contributed by atoms with Gasteiger partial charge in [-0.1, -0.05) is 42.2 Å². The summed E-state index contributed by atoms with van der Waals surface area (Å²) in [6, 6.07) is 17.8. The van der Waals surface area contributed by atoms with Crippen molar-refractivity contribution in [1.82, 2.24) is 29.8 Å². The number of carbonyl (C=O) groups is 2. The zero-order chi connectivity index (χ0) is 28.5. The molecule has 10 heteroatoms. The van der Waals surface area contributed by atoms with Gasteiger partial charge in [-0.3, -0.25) is 19.0 Å². The molecule has 2 unspecified atom stereocenters. The number of benzene rings is 2. The van der Waals surface area contributed by atoms with Crippen molar-refractivity contribution in [3.05, 3.63) is 100 Å². The number of para-hydroxylation sites is 1. The molecule has 41 heavy (non-hydrogen) atoms. The summed E-state index contributed by atoms with van der Waals surface area (Å²) in [5.74, 6) is 5.92. The van der Waals surface area contributed by atoms with Crippen LogP contribution in [0.25, 0.3) is 22.1 Å². The van der Waals surface area contributed by atoms with Crippen LogP contribution in [0.1, 0.15) is 47.4 Å². The summed E-state index contributed by atoms with van der Waals surface area (Å²) in [6.07, 6.45) is 4.35. The maximum absolute atomic E-state index is 14.2. The number of nitrogens with two attached hydrogens (primary N) is 1. The van der Waals surface area contributed by atoms with Gasteiger partial charge in [-0.25, -0.2) is 9.50 Å². The Hall–Kier alpha value is -5.43. The maximum Gasteiger partial charge on any atom is 0.264 e. The Morgan fingerprint density at radius 3 is 2.78 bits per heavy atom. The first-order valence-electron chi connectivity index (χ1n) is 13.3. The molecule has 0 radical (unpaired) electrons. The van der Waals surface area contributed by atoms with Crippen LogP contribution in [0.4, 0.5) is 5.82 Å². The van der Waals surface area contributed by atoms with Crippen LogP contribution in [0.15, 0.2) is 77.9 Å². The van der Waals surface area contributed by atoms with Gasteiger partial charge >= 0.3 is 0 Å². The molecule has 5 aromatic rings. The number of aromatic nitrogens is 4. The molecule has 4 heterocycles. The van der Waals surface area contributed by atoms with Crippen molar-refractivity contribution < 1.29 is 9.59 Å². The van der Waals surface area contributed by atoms with Gasteiger partial charge in [-0.05, 0) is 49.1 Å². The van der Waals surface area contributed by atoms with Gasteiger partial charge in [0.2, 0.25) is 5.91 Å². The molecule has 1 aliphatic heterocycles. The fourth-order valence-electron chi connectivity index (χ4n) is 5.20. The van der Waals surface area contributed by atoms with Crippen molar-refractivity contribution in [2.75, 3.05) is 12.3 Å². The minimum absolute atomic E-state index is 0.0118. The molecule has 204 valence electrons. The lowest BCUT2D eigenvalue weighted by Crippen LogP contribution is -2.33. The topological polar surface area (TPSA) is 136 Å². The van der Waals surface area contributed by atoms with Gasteiger partial charge in [-0.15, -0.1) is 5.10 Å². The second-order valence-electron chi connectivity index (χ2n) is 9.97. The van der Waals surface area contributed by atoms with Crippen LogP contribution in [0.5, 0.6) is 0 Å². The summed E-state index contributed by atoms with van der Waals surface area (Å²) >= 11 is 0. The van der Waals surface area contributed by atoms with E-state index in [1.54, 1.807) is 23.0 Å². The Morgan fingerprint density at radius 1 is 1.15 bits per heavy atom. The summed E-state index contributed by atoms with van der Waals surface area (Å²) in [6.45, 7) is 2.41. The zero-order valence-corrected chi connectivity index (χ0v) is 22.3. The molecule has 2 atom stereocenters. The van der Waals surface area contributed by atoms with E-state index in [1.165, 1.54) is 4.52 Å². The zero-order valence-electron chi connectivity index (χ0n) is 22.3. The number of hydrogen-bond acceptors (Lipinski definition) is 6. The van der Waals surface area contributed by atoms with E-state index in [9.17, 15) is 14.4 Å². The number of carbonyl (C=O) groups excluding carboxylic acids is 2. The molecule has 2 amide bonds. The van der Waals surface area contributed by atoms with E-state index in [0.717, 1.165) is 6.42 Å². The second kappa shape index (κ2) is 10.6. The third-order valence-electron chi connectivity index (χ3n) is 7.19. The monoisotopic (exact) mass is 545 g/mol. The molecule has 2 aromatic carbocycles. The first-order chi connectivity index (χ1) is 19.9. The van der Waals surface area contributed by atoms with E-state index in [1.807, 2.05) is 61.5 Å². The highest BCUT2D eigenvalue weighted by molar-refractivity contribution is 6.04. The molecule has 0 spiro atoms. The van der Waals surface area contributed by atoms with Crippen LogP contribution >= 0.6 is 0 Å². The third-order valence-corrected chi connectivity index (χ3v) is 7.19. The van der Waals surface area contributed by atoms with E-state index in [2.05, 4.69) is 32.6 Å². The number of nitrogens with one attached hydrogen (secondary N) is 2. The number of anilines is 1. The number of piperidine rings is 1. The molecule has 3 aromatic heterocycles. The third kappa shape index (κ3) is 4.89. The minimum atomic E-state index is -0.589. The number of hydrogen-bond donors (Lipinski definition) is 3. The molecule has 10 nitrogen and oxygen atoms in total. The Kier molecular flexibility index (Phi) is 6.69. The second-order valence-corrected chi connectivity index (χ2v) is 9.97. The van der Waals surface area contributed by atoms with Gasteiger partial charge in [0.05, 0.1) is 11.4 Å². The molecule has 1 fully saturated rings. The predicted octanol–water partition coefficient (Wildman–Crippen LogP) is 2.98. The lowest BCUT2D eigenvalue weighted by molar-refractivity contribution is -0.122. The molecular weight excluding hydrogens is 518 g/mol. The SMILES string of the molecule is CC(NC(=O)c1c(N)nn2cccnc12)c1cc2cccc(C#CC3CCNC(=O)C3)c2c(=O)n1-c1ccccc1. The Morgan fingerprint density at radius 2 is 1.98 bits per heavy atom. The number of nitrogen functional groups attached to an aromatic ring is 1. The molecule has 0 bridgehead atoms. The highest BCUT2D eigenvalue weighted by atomic mass is 16.2. The van der Waals surface area contributed by atoms with Gasteiger partial charge in [0, 0.05) is 48.2 Å². The first kappa shape index (κ1) is 25.8. The average molecular weight is 546 g/mol. The lowest BCUT2D eigenvalue weighted by Gasteiger charge is -2.21. The normalized spacial score (nSPS) is 15.6. The highest BCUT2D eigenvalue weighted by Crippen LogP contribution is 2.25. The standard InChI is InChI=1S/C31H27N7O3/c1-19(35-30(40)27-28(32)36-37-16-6-14-34-29(27)37)24-18-22-8-5-7-21(12-11-20-13-15-33-25(39)17-20)26(22)31(41)38(24)23-9-3-2-4-10-23/h2-10,14,16,18-20H,13,15,17H2,1H3,(H2,32,36)(H,33,39)(H,35,40). The predicted molar refractivity (Wildman–Crippen MR) is 155 cm³/mol. The molecule has 4 N–H and O–H groups in total. The van der Waals surface area contributed by atoms with Crippen molar-refractivity contribution in [3.8, 4) is 17.5 Å². The van der Waals surface area contributed by atoms with Gasteiger partial charge < -0.3 is 16.4 Å². The Labute approximate surface area is 235 Å². The minimum Gasteiger partial charge on any atom is -0.381 e. The Balaban J connectivity index is 1.44. The molecular formula is C31H27N7O3. The summed E-state index contributed by atoms with van der Waals surface area (Å²) in [4.78, 5) is 43.7. The molecule has 0 aliphatic carbocycles. The van der Waals surface area contributed by atoms with Crippen LogP contribution in [0.2, 0.25) is 0 Å². The van der Waals surface area contributed by atoms with Crippen molar-refractivity contribution in [2.45, 2.75) is 25.8 Å². The number of fused-ring (bicyclic) bond motifs is 2. The Bertz CT molecular complexity index is 1930. The largest absolute Gasteiger partial charge is 0.381 e. The van der Waals surface area contributed by atoms with Crippen LogP contribution in [0, 0.1) is 17.8 Å². The maximum atomic E-state index is 14.2. The molecule has 1 aliphatic rings. The van der Waals surface area contributed by atoms with Crippen LogP contribution in [-0.2, 0) is 4.79 Å². The number of pyridine rings is 1. The quantitative estimate of drug-likeness (QED) is 0.297. The van der Waals surface area contributed by atoms with Crippen molar-refractivity contribution >= 4 is 34.1 Å². The molecule has 1 saturated heterocycles. The van der Waals surface area contributed by atoms with E-state index < -0.39 is 11.9 Å². The van der Waals surface area contributed by atoms with Gasteiger partial charge in [0.15, 0.2) is 11.5 Å². The van der Waals surface area contributed by atoms with Crippen LogP contribution in [0.3, 0.4) is 0 Å². The summed E-state index contributed by atoms with van der Waals surface area (Å²) in [5, 5.41) is 11.2. The van der Waals surface area contributed by atoms with Crippen molar-refractivity contribution in [1.29, 1.82) is 0 Å². The van der Waals surface area contributed by atoms with Gasteiger partial charge in [-0.2, -0.15) is 0 Å². The smallest absolute Gasteiger partial charge is 0.264 e. The lowest BCUT2D eigenvalue weighted by atomic mass is 9.97. The van der Waals surface area contributed by atoms with E-state index in [-0.39, 0.29) is 28.8 Å². The summed E-state index contributed by atoms with van der Waals surface area (Å²) in [7, 11) is 0. The van der Waals surface area contributed by atoms with E-state index in [4.69, 9.17) is 5.73 Å². The van der Waals surface area contributed by atoms with Gasteiger partial charge in [0.1, 0.15) is 5.56 Å². The van der Waals surface area contributed by atoms with Gasteiger partial charge in [0.25, 0.3) is 11.5 Å².